The maximum Gasteiger partial charge on any atom is 0.0924 e. The lowest BCUT2D eigenvalue weighted by molar-refractivity contribution is -0.167. The predicted molar refractivity (Wildman–Crippen MR) is 92.4 cm³/mol. The summed E-state index contributed by atoms with van der Waals surface area (Å²) < 4.78 is 12.8. The number of aliphatic hydroxyl groups excluding tert-OH is 1. The zero-order valence-electron chi connectivity index (χ0n) is 15.5. The first-order valence-corrected chi connectivity index (χ1v) is 9.41. The van der Waals surface area contributed by atoms with Gasteiger partial charge < -0.3 is 14.6 Å². The molecule has 3 rings (SSSR count). The second kappa shape index (κ2) is 5.86. The third-order valence-electron chi connectivity index (χ3n) is 6.75. The maximum atomic E-state index is 10.8. The van der Waals surface area contributed by atoms with Crippen molar-refractivity contribution < 1.29 is 14.6 Å². The Hall–Kier alpha value is -0.380. The molecule has 3 nitrogen and oxygen atoms in total. The fourth-order valence-electron chi connectivity index (χ4n) is 4.51. The topological polar surface area (TPSA) is 42.0 Å². The van der Waals surface area contributed by atoms with Crippen molar-refractivity contribution in [3.63, 3.8) is 0 Å². The molecule has 1 N–H and O–H groups in total. The molecule has 0 aromatic rings. The number of aliphatic hydroxyl groups is 1. The van der Waals surface area contributed by atoms with Gasteiger partial charge in [0.05, 0.1) is 29.0 Å². The molecule has 0 unspecified atom stereocenters. The van der Waals surface area contributed by atoms with E-state index in [4.69, 9.17) is 9.47 Å². The summed E-state index contributed by atoms with van der Waals surface area (Å²) in [6, 6.07) is 0. The number of fused-ring (bicyclic) bond motifs is 3. The van der Waals surface area contributed by atoms with Crippen molar-refractivity contribution in [3.05, 3.63) is 11.6 Å². The summed E-state index contributed by atoms with van der Waals surface area (Å²) in [7, 11) is 0. The van der Waals surface area contributed by atoms with E-state index in [9.17, 15) is 5.11 Å². The molecule has 5 atom stereocenters. The van der Waals surface area contributed by atoms with Gasteiger partial charge in [-0.15, -0.1) is 0 Å². The smallest absolute Gasteiger partial charge is 0.0924 e. The van der Waals surface area contributed by atoms with Crippen LogP contribution in [-0.2, 0) is 9.47 Å². The molecular formula is C20H34O3. The molecule has 132 valence electrons. The van der Waals surface area contributed by atoms with Gasteiger partial charge in [0, 0.05) is 6.42 Å². The van der Waals surface area contributed by atoms with Crippen LogP contribution in [0.5, 0.6) is 0 Å². The molecule has 2 bridgehead atoms. The summed E-state index contributed by atoms with van der Waals surface area (Å²) in [5.74, 6) is 0.440. The maximum absolute atomic E-state index is 10.8. The summed E-state index contributed by atoms with van der Waals surface area (Å²) in [6.07, 6.45) is 9.09. The van der Waals surface area contributed by atoms with E-state index in [1.807, 2.05) is 0 Å². The van der Waals surface area contributed by atoms with E-state index in [0.717, 1.165) is 44.9 Å². The Kier molecular flexibility index (Phi) is 4.44. The normalized spacial score (nSPS) is 48.0. The number of rotatable bonds is 1. The minimum atomic E-state index is -0.413. The molecule has 3 aliphatic heterocycles. The van der Waals surface area contributed by atoms with Crippen molar-refractivity contribution >= 4 is 0 Å². The molecule has 0 aromatic carbocycles. The van der Waals surface area contributed by atoms with Crippen LogP contribution in [0.25, 0.3) is 0 Å². The molecular weight excluding hydrogens is 288 g/mol. The lowest BCUT2D eigenvalue weighted by Crippen LogP contribution is -2.45. The second-order valence-corrected chi connectivity index (χ2v) is 8.90. The van der Waals surface area contributed by atoms with Gasteiger partial charge in [0.15, 0.2) is 0 Å². The SMILES string of the molecule is CC1=CCC[C@@]2(C)O[C@@H]2C[C@]2(C(C)C)CC[C@@](C)(O2)[C@H](O)CC1. The highest BCUT2D eigenvalue weighted by Crippen LogP contribution is 2.53. The molecule has 0 spiro atoms. The Bertz CT molecular complexity index is 485. The van der Waals surface area contributed by atoms with Gasteiger partial charge in [0.2, 0.25) is 0 Å². The van der Waals surface area contributed by atoms with E-state index in [-0.39, 0.29) is 11.2 Å². The van der Waals surface area contributed by atoms with Gasteiger partial charge in [-0.05, 0) is 65.2 Å². The van der Waals surface area contributed by atoms with Crippen molar-refractivity contribution in [1.29, 1.82) is 0 Å². The van der Waals surface area contributed by atoms with Crippen molar-refractivity contribution in [3.8, 4) is 0 Å². The van der Waals surface area contributed by atoms with Gasteiger partial charge in [-0.2, -0.15) is 0 Å². The van der Waals surface area contributed by atoms with Crippen LogP contribution >= 0.6 is 0 Å². The standard InChI is InChI=1S/C20H34O3/c1-14(2)20-12-11-18(4,23-20)16(21)9-8-15(3)7-6-10-19(5)17(13-20)22-19/h7,14,16-17,21H,6,8-13H2,1-5H3/t16-,17-,18-,19-,20+/m1/s1. The fraction of sp³-hybridized carbons (Fsp3) is 0.900. The third kappa shape index (κ3) is 3.25. The van der Waals surface area contributed by atoms with Crippen LogP contribution < -0.4 is 0 Å². The fourth-order valence-corrected chi connectivity index (χ4v) is 4.51. The first kappa shape index (κ1) is 17.4. The van der Waals surface area contributed by atoms with Crippen LogP contribution in [0.2, 0.25) is 0 Å². The van der Waals surface area contributed by atoms with Crippen molar-refractivity contribution in [2.75, 3.05) is 0 Å². The highest BCUT2D eigenvalue weighted by Gasteiger charge is 2.59. The summed E-state index contributed by atoms with van der Waals surface area (Å²) in [5.41, 5.74) is 0.840. The minimum absolute atomic E-state index is 0.0215. The lowest BCUT2D eigenvalue weighted by atomic mass is 9.80. The largest absolute Gasteiger partial charge is 0.390 e. The van der Waals surface area contributed by atoms with Crippen molar-refractivity contribution in [2.24, 2.45) is 5.92 Å². The van der Waals surface area contributed by atoms with Crippen LogP contribution in [0.15, 0.2) is 11.6 Å². The van der Waals surface area contributed by atoms with Gasteiger partial charge in [-0.1, -0.05) is 25.5 Å². The quantitative estimate of drug-likeness (QED) is 0.575. The number of allylic oxidation sites excluding steroid dienone is 2. The summed E-state index contributed by atoms with van der Waals surface area (Å²) in [5, 5.41) is 10.8. The monoisotopic (exact) mass is 322 g/mol. The molecule has 2 saturated heterocycles. The minimum Gasteiger partial charge on any atom is -0.390 e. The van der Waals surface area contributed by atoms with Crippen LogP contribution in [-0.4, -0.2) is 34.1 Å². The van der Waals surface area contributed by atoms with Gasteiger partial charge in [0.25, 0.3) is 0 Å². The number of hydrogen-bond acceptors (Lipinski definition) is 3. The molecule has 2 fully saturated rings. The van der Waals surface area contributed by atoms with Crippen molar-refractivity contribution in [2.45, 2.75) is 109 Å². The summed E-state index contributed by atoms with van der Waals surface area (Å²) >= 11 is 0. The number of hydrogen-bond donors (Lipinski definition) is 1. The first-order chi connectivity index (χ1) is 10.7. The molecule has 0 amide bonds. The van der Waals surface area contributed by atoms with E-state index in [0.29, 0.717) is 12.0 Å². The number of epoxide rings is 1. The molecule has 3 heteroatoms. The van der Waals surface area contributed by atoms with Crippen LogP contribution in [0.3, 0.4) is 0 Å². The van der Waals surface area contributed by atoms with Gasteiger partial charge in [-0.25, -0.2) is 0 Å². The highest BCUT2D eigenvalue weighted by atomic mass is 16.6. The van der Waals surface area contributed by atoms with Crippen LogP contribution in [0.4, 0.5) is 0 Å². The van der Waals surface area contributed by atoms with Gasteiger partial charge in [-0.3, -0.25) is 0 Å². The zero-order chi connectivity index (χ0) is 16.9. The van der Waals surface area contributed by atoms with E-state index < -0.39 is 11.7 Å². The molecule has 3 aliphatic rings. The third-order valence-corrected chi connectivity index (χ3v) is 6.75. The Morgan fingerprint density at radius 2 is 1.91 bits per heavy atom. The number of ether oxygens (including phenoxy) is 2. The van der Waals surface area contributed by atoms with Crippen LogP contribution in [0, 0.1) is 5.92 Å². The van der Waals surface area contributed by atoms with E-state index in [2.05, 4.69) is 40.7 Å². The molecule has 0 saturated carbocycles. The van der Waals surface area contributed by atoms with Gasteiger partial charge in [0.1, 0.15) is 0 Å². The van der Waals surface area contributed by atoms with Gasteiger partial charge >= 0.3 is 0 Å². The predicted octanol–water partition coefficient (Wildman–Crippen LogP) is 4.38. The second-order valence-electron chi connectivity index (χ2n) is 8.90. The van der Waals surface area contributed by atoms with Crippen molar-refractivity contribution in [1.82, 2.24) is 0 Å². The molecule has 23 heavy (non-hydrogen) atoms. The molecule has 3 heterocycles. The summed E-state index contributed by atoms with van der Waals surface area (Å²) in [4.78, 5) is 0. The van der Waals surface area contributed by atoms with E-state index >= 15 is 0 Å². The Morgan fingerprint density at radius 1 is 1.17 bits per heavy atom. The first-order valence-electron chi connectivity index (χ1n) is 9.41. The molecule has 0 aromatic heterocycles. The Morgan fingerprint density at radius 3 is 2.61 bits per heavy atom. The highest BCUT2D eigenvalue weighted by molar-refractivity contribution is 5.10. The zero-order valence-corrected chi connectivity index (χ0v) is 15.5. The van der Waals surface area contributed by atoms with Crippen LogP contribution in [0.1, 0.15) is 79.6 Å². The molecule has 0 radical (unpaired) electrons. The molecule has 0 aliphatic carbocycles. The summed E-state index contributed by atoms with van der Waals surface area (Å²) in [6.45, 7) is 11.0. The van der Waals surface area contributed by atoms with E-state index in [1.165, 1.54) is 5.57 Å². The average molecular weight is 322 g/mol. The Balaban J connectivity index is 1.85. The average Bonchev–Trinajstić information content (AvgIpc) is 2.94. The van der Waals surface area contributed by atoms with E-state index in [1.54, 1.807) is 0 Å². The lowest BCUT2D eigenvalue weighted by Gasteiger charge is -2.38. The Labute approximate surface area is 141 Å².